The largest absolute Gasteiger partial charge is 0.389 e. The first-order valence-corrected chi connectivity index (χ1v) is 8.56. The van der Waals surface area contributed by atoms with Crippen molar-refractivity contribution in [3.05, 3.63) is 22.9 Å². The molecule has 0 aliphatic heterocycles. The highest BCUT2D eigenvalue weighted by atomic mass is 32.1. The third kappa shape index (κ3) is 3.37. The van der Waals surface area contributed by atoms with Gasteiger partial charge in [0.15, 0.2) is 0 Å². The van der Waals surface area contributed by atoms with Crippen molar-refractivity contribution < 1.29 is 0 Å². The van der Waals surface area contributed by atoms with Gasteiger partial charge in [-0.05, 0) is 56.6 Å². The molecule has 4 heteroatoms. The molecule has 0 saturated heterocycles. The van der Waals surface area contributed by atoms with Crippen molar-refractivity contribution in [1.29, 1.82) is 0 Å². The molecule has 2 rings (SSSR count). The number of hydrogen-bond acceptors (Lipinski definition) is 3. The zero-order valence-corrected chi connectivity index (χ0v) is 14.3. The standard InChI is InChI=1S/C17H27N3S/c1-4-17(5-2,6-3)20-16-13(15(18)21)11-12-9-7-8-10-14(12)19-16/h11H,4-10H2,1-3H3,(H2,18,21)(H,19,20). The minimum Gasteiger partial charge on any atom is -0.389 e. The number of aromatic nitrogens is 1. The van der Waals surface area contributed by atoms with Crippen LogP contribution in [-0.4, -0.2) is 15.5 Å². The molecule has 0 atom stereocenters. The van der Waals surface area contributed by atoms with Crippen LogP contribution in [0.25, 0.3) is 0 Å². The molecule has 0 spiro atoms. The predicted octanol–water partition coefficient (Wildman–Crippen LogP) is 3.98. The number of pyridine rings is 1. The van der Waals surface area contributed by atoms with E-state index in [0.29, 0.717) is 4.99 Å². The summed E-state index contributed by atoms with van der Waals surface area (Å²) in [6.07, 6.45) is 7.83. The number of rotatable bonds is 6. The van der Waals surface area contributed by atoms with Gasteiger partial charge in [0.25, 0.3) is 0 Å². The average Bonchev–Trinajstić information content (AvgIpc) is 2.51. The first kappa shape index (κ1) is 16.2. The molecule has 3 N–H and O–H groups in total. The van der Waals surface area contributed by atoms with Gasteiger partial charge in [0, 0.05) is 11.2 Å². The zero-order valence-electron chi connectivity index (χ0n) is 13.5. The molecule has 0 amide bonds. The van der Waals surface area contributed by atoms with E-state index in [4.69, 9.17) is 22.9 Å². The molecule has 3 nitrogen and oxygen atoms in total. The molecule has 0 fully saturated rings. The molecule has 1 aliphatic carbocycles. The van der Waals surface area contributed by atoms with Crippen LogP contribution < -0.4 is 11.1 Å². The van der Waals surface area contributed by atoms with Gasteiger partial charge in [0.05, 0.1) is 5.56 Å². The minimum absolute atomic E-state index is 0.0788. The van der Waals surface area contributed by atoms with Crippen LogP contribution in [0.15, 0.2) is 6.07 Å². The Kier molecular flexibility index (Phi) is 5.20. The summed E-state index contributed by atoms with van der Waals surface area (Å²) in [5, 5.41) is 3.66. The second kappa shape index (κ2) is 6.73. The van der Waals surface area contributed by atoms with Crippen molar-refractivity contribution in [2.24, 2.45) is 5.73 Å². The first-order chi connectivity index (χ1) is 10.0. The first-order valence-electron chi connectivity index (χ1n) is 8.16. The van der Waals surface area contributed by atoms with Crippen LogP contribution in [0, 0.1) is 0 Å². The number of nitrogens with two attached hydrogens (primary N) is 1. The maximum Gasteiger partial charge on any atom is 0.136 e. The fraction of sp³-hybridized carbons (Fsp3) is 0.647. The van der Waals surface area contributed by atoms with Crippen molar-refractivity contribution in [2.45, 2.75) is 71.3 Å². The van der Waals surface area contributed by atoms with Crippen molar-refractivity contribution in [1.82, 2.24) is 4.98 Å². The third-order valence-electron chi connectivity index (χ3n) is 4.98. The monoisotopic (exact) mass is 305 g/mol. The number of fused-ring (bicyclic) bond motifs is 1. The third-order valence-corrected chi connectivity index (χ3v) is 5.20. The van der Waals surface area contributed by atoms with Crippen LogP contribution >= 0.6 is 12.2 Å². The number of aryl methyl sites for hydroxylation is 2. The Morgan fingerprint density at radius 2 is 1.86 bits per heavy atom. The van der Waals surface area contributed by atoms with E-state index in [1.807, 2.05) is 0 Å². The Morgan fingerprint density at radius 1 is 1.24 bits per heavy atom. The van der Waals surface area contributed by atoms with Crippen LogP contribution in [0.2, 0.25) is 0 Å². The summed E-state index contributed by atoms with van der Waals surface area (Å²) in [4.78, 5) is 5.32. The fourth-order valence-corrected chi connectivity index (χ4v) is 3.34. The smallest absolute Gasteiger partial charge is 0.136 e. The maximum absolute atomic E-state index is 5.94. The number of hydrogen-bond donors (Lipinski definition) is 2. The van der Waals surface area contributed by atoms with Crippen LogP contribution in [-0.2, 0) is 12.8 Å². The lowest BCUT2D eigenvalue weighted by atomic mass is 9.89. The molecule has 116 valence electrons. The van der Waals surface area contributed by atoms with Gasteiger partial charge in [-0.3, -0.25) is 0 Å². The van der Waals surface area contributed by atoms with E-state index in [1.54, 1.807) is 0 Å². The Morgan fingerprint density at radius 3 is 2.43 bits per heavy atom. The highest BCUT2D eigenvalue weighted by Gasteiger charge is 2.26. The average molecular weight is 305 g/mol. The van der Waals surface area contributed by atoms with Crippen LogP contribution in [0.4, 0.5) is 5.82 Å². The second-order valence-electron chi connectivity index (χ2n) is 6.03. The van der Waals surface area contributed by atoms with Crippen LogP contribution in [0.5, 0.6) is 0 Å². The Hall–Kier alpha value is -1.16. The summed E-state index contributed by atoms with van der Waals surface area (Å²) in [6.45, 7) is 6.66. The summed E-state index contributed by atoms with van der Waals surface area (Å²) in [6, 6.07) is 2.16. The van der Waals surface area contributed by atoms with Crippen molar-refractivity contribution >= 4 is 23.0 Å². The Balaban J connectivity index is 2.43. The SMILES string of the molecule is CCC(CC)(CC)Nc1nc2c(cc1C(N)=S)CCCC2. The van der Waals surface area contributed by atoms with E-state index >= 15 is 0 Å². The van der Waals surface area contributed by atoms with Crippen LogP contribution in [0.1, 0.15) is 69.7 Å². The predicted molar refractivity (Wildman–Crippen MR) is 94.0 cm³/mol. The van der Waals surface area contributed by atoms with Gasteiger partial charge in [0.1, 0.15) is 10.8 Å². The zero-order chi connectivity index (χ0) is 15.5. The van der Waals surface area contributed by atoms with Gasteiger partial charge >= 0.3 is 0 Å². The summed E-state index contributed by atoms with van der Waals surface area (Å²) in [5.41, 5.74) is 9.48. The molecule has 0 bridgehead atoms. The minimum atomic E-state index is 0.0788. The Labute approximate surface area is 133 Å². The lowest BCUT2D eigenvalue weighted by molar-refractivity contribution is 0.418. The van der Waals surface area contributed by atoms with E-state index in [0.717, 1.165) is 43.5 Å². The molecule has 1 aromatic heterocycles. The molecule has 21 heavy (non-hydrogen) atoms. The molecule has 0 aromatic carbocycles. The van der Waals surface area contributed by atoms with Crippen molar-refractivity contribution in [3.8, 4) is 0 Å². The maximum atomic E-state index is 5.94. The highest BCUT2D eigenvalue weighted by Crippen LogP contribution is 2.30. The Bertz CT molecular complexity index is 513. The van der Waals surface area contributed by atoms with E-state index in [-0.39, 0.29) is 5.54 Å². The lowest BCUT2D eigenvalue weighted by Crippen LogP contribution is -2.37. The topological polar surface area (TPSA) is 50.9 Å². The molecule has 1 aliphatic rings. The normalized spacial score (nSPS) is 14.6. The number of thiocarbonyl (C=S) groups is 1. The summed E-state index contributed by atoms with van der Waals surface area (Å²) >= 11 is 5.25. The van der Waals surface area contributed by atoms with E-state index in [1.165, 1.54) is 24.1 Å². The quantitative estimate of drug-likeness (QED) is 0.781. The number of nitrogens with one attached hydrogen (secondary N) is 1. The van der Waals surface area contributed by atoms with Gasteiger partial charge in [0.2, 0.25) is 0 Å². The summed E-state index contributed by atoms with van der Waals surface area (Å²) < 4.78 is 0. The molecule has 0 unspecified atom stereocenters. The van der Waals surface area contributed by atoms with Crippen molar-refractivity contribution in [2.75, 3.05) is 5.32 Å². The van der Waals surface area contributed by atoms with Gasteiger partial charge in [-0.2, -0.15) is 0 Å². The lowest BCUT2D eigenvalue weighted by Gasteiger charge is -2.33. The van der Waals surface area contributed by atoms with Crippen molar-refractivity contribution in [3.63, 3.8) is 0 Å². The molecular formula is C17H27N3S. The summed E-state index contributed by atoms with van der Waals surface area (Å²) in [7, 11) is 0. The number of nitrogens with zero attached hydrogens (tertiary/aromatic N) is 1. The molecule has 0 saturated carbocycles. The second-order valence-corrected chi connectivity index (χ2v) is 6.47. The van der Waals surface area contributed by atoms with E-state index < -0.39 is 0 Å². The summed E-state index contributed by atoms with van der Waals surface area (Å²) in [5.74, 6) is 0.883. The molecule has 1 heterocycles. The molecule has 1 aromatic rings. The fourth-order valence-electron chi connectivity index (χ4n) is 3.18. The van der Waals surface area contributed by atoms with E-state index in [2.05, 4.69) is 32.2 Å². The highest BCUT2D eigenvalue weighted by molar-refractivity contribution is 7.80. The van der Waals surface area contributed by atoms with Gasteiger partial charge in [-0.25, -0.2) is 4.98 Å². The van der Waals surface area contributed by atoms with Gasteiger partial charge in [-0.1, -0.05) is 33.0 Å². The van der Waals surface area contributed by atoms with E-state index in [9.17, 15) is 0 Å². The van der Waals surface area contributed by atoms with Crippen LogP contribution in [0.3, 0.4) is 0 Å². The number of anilines is 1. The molecule has 0 radical (unpaired) electrons. The van der Waals surface area contributed by atoms with Gasteiger partial charge < -0.3 is 11.1 Å². The van der Waals surface area contributed by atoms with Gasteiger partial charge in [-0.15, -0.1) is 0 Å². The molecular weight excluding hydrogens is 278 g/mol.